The second-order valence-electron chi connectivity index (χ2n) is 9.56. The molecule has 5 rings (SSSR count). The third-order valence-electron chi connectivity index (χ3n) is 7.18. The lowest BCUT2D eigenvalue weighted by atomic mass is 9.68. The van der Waals surface area contributed by atoms with E-state index in [0.717, 1.165) is 11.6 Å². The van der Waals surface area contributed by atoms with Crippen molar-refractivity contribution in [1.29, 1.82) is 0 Å². The third-order valence-corrected chi connectivity index (χ3v) is 7.18. The van der Waals surface area contributed by atoms with E-state index < -0.39 is 35.3 Å². The average Bonchev–Trinajstić information content (AvgIpc) is 2.89. The van der Waals surface area contributed by atoms with Crippen molar-refractivity contribution in [3.63, 3.8) is 0 Å². The number of carbonyl (C=O) groups is 2. The molecule has 0 aromatic heterocycles. The zero-order valence-corrected chi connectivity index (χ0v) is 20.4. The van der Waals surface area contributed by atoms with Gasteiger partial charge in [0.2, 0.25) is 5.91 Å². The highest BCUT2D eigenvalue weighted by Gasteiger charge is 2.47. The van der Waals surface area contributed by atoms with Gasteiger partial charge in [-0.2, -0.15) is 13.2 Å². The third kappa shape index (κ3) is 4.78. The van der Waals surface area contributed by atoms with E-state index in [0.29, 0.717) is 12.1 Å². The fraction of sp³-hybridized carbons (Fsp3) is 0.233. The van der Waals surface area contributed by atoms with Gasteiger partial charge in [-0.25, -0.2) is 4.39 Å². The molecule has 1 heterocycles. The lowest BCUT2D eigenvalue weighted by molar-refractivity contribution is -0.138. The summed E-state index contributed by atoms with van der Waals surface area (Å²) in [6.07, 6.45) is -4.27. The highest BCUT2D eigenvalue weighted by Crippen LogP contribution is 2.49. The molecular formula is C30H24F4N2O2. The molecular weight excluding hydrogens is 496 g/mol. The fourth-order valence-corrected chi connectivity index (χ4v) is 5.50. The normalized spacial score (nSPS) is 21.6. The SMILES string of the molecule is CC1=NC2=C(C(=O)C[C@H](c3ccccc3)C2)[C@H](c2ccccc2C(F)(F)F)C1C(=O)Nc1ccccc1F. The molecule has 1 aliphatic carbocycles. The molecule has 0 radical (unpaired) electrons. The van der Waals surface area contributed by atoms with Crippen molar-refractivity contribution in [3.8, 4) is 0 Å². The second kappa shape index (κ2) is 10.0. The topological polar surface area (TPSA) is 58.5 Å². The van der Waals surface area contributed by atoms with Crippen molar-refractivity contribution in [2.24, 2.45) is 10.9 Å². The minimum absolute atomic E-state index is 0.0871. The van der Waals surface area contributed by atoms with Gasteiger partial charge in [0.05, 0.1) is 17.2 Å². The molecule has 0 spiro atoms. The van der Waals surface area contributed by atoms with Crippen molar-refractivity contribution >= 4 is 23.1 Å². The van der Waals surface area contributed by atoms with Crippen molar-refractivity contribution < 1.29 is 27.2 Å². The highest BCUT2D eigenvalue weighted by molar-refractivity contribution is 6.13. The number of halogens is 4. The highest BCUT2D eigenvalue weighted by atomic mass is 19.4. The van der Waals surface area contributed by atoms with Crippen LogP contribution in [0, 0.1) is 11.7 Å². The van der Waals surface area contributed by atoms with E-state index >= 15 is 0 Å². The summed E-state index contributed by atoms with van der Waals surface area (Å²) in [4.78, 5) is 31.8. The Morgan fingerprint density at radius 2 is 1.58 bits per heavy atom. The van der Waals surface area contributed by atoms with Crippen LogP contribution in [0.4, 0.5) is 23.2 Å². The van der Waals surface area contributed by atoms with Crippen molar-refractivity contribution in [2.75, 3.05) is 5.32 Å². The molecule has 1 N–H and O–H groups in total. The number of allylic oxidation sites excluding steroid dienone is 2. The Morgan fingerprint density at radius 1 is 0.921 bits per heavy atom. The van der Waals surface area contributed by atoms with E-state index in [4.69, 9.17) is 0 Å². The molecule has 0 saturated carbocycles. The van der Waals surface area contributed by atoms with Crippen LogP contribution in [0.15, 0.2) is 95.1 Å². The van der Waals surface area contributed by atoms with E-state index in [-0.39, 0.29) is 40.7 Å². The molecule has 0 fully saturated rings. The van der Waals surface area contributed by atoms with E-state index in [9.17, 15) is 27.2 Å². The molecule has 0 saturated heterocycles. The summed E-state index contributed by atoms with van der Waals surface area (Å²) in [6.45, 7) is 1.56. The van der Waals surface area contributed by atoms with Crippen molar-refractivity contribution in [1.82, 2.24) is 0 Å². The van der Waals surface area contributed by atoms with Gasteiger partial charge in [0.25, 0.3) is 0 Å². The Labute approximate surface area is 217 Å². The standard InChI is InChI=1S/C30H24F4N2O2/c1-17-26(29(38)36-23-14-8-7-13-22(23)31)27(20-11-5-6-12-21(20)30(32,33)34)28-24(35-17)15-19(16-25(28)37)18-9-3-2-4-10-18/h2-14,19,26-27H,15-16H2,1H3,(H,36,38)/t19-,26?,27-/m1/s1. The average molecular weight is 521 g/mol. The molecule has 3 atom stereocenters. The molecule has 1 amide bonds. The predicted molar refractivity (Wildman–Crippen MR) is 136 cm³/mol. The Bertz CT molecular complexity index is 1460. The summed E-state index contributed by atoms with van der Waals surface area (Å²) in [6, 6.07) is 19.9. The van der Waals surface area contributed by atoms with E-state index in [1.54, 1.807) is 6.92 Å². The van der Waals surface area contributed by atoms with Crippen molar-refractivity contribution in [3.05, 3.63) is 113 Å². The summed E-state index contributed by atoms with van der Waals surface area (Å²) in [5, 5.41) is 2.50. The number of hydrogen-bond donors (Lipinski definition) is 1. The van der Waals surface area contributed by atoms with E-state index in [1.165, 1.54) is 42.5 Å². The zero-order valence-electron chi connectivity index (χ0n) is 20.4. The predicted octanol–water partition coefficient (Wildman–Crippen LogP) is 7.06. The monoisotopic (exact) mass is 520 g/mol. The van der Waals surface area contributed by atoms with Crippen LogP contribution in [0.2, 0.25) is 0 Å². The van der Waals surface area contributed by atoms with E-state index in [2.05, 4.69) is 10.3 Å². The number of carbonyl (C=O) groups excluding carboxylic acids is 2. The number of nitrogens with zero attached hydrogens (tertiary/aromatic N) is 1. The number of aliphatic imine (C=N–C) groups is 1. The van der Waals surface area contributed by atoms with Gasteiger partial charge in [-0.15, -0.1) is 0 Å². The Kier molecular flexibility index (Phi) is 6.73. The maximum atomic E-state index is 14.3. The van der Waals surface area contributed by atoms with Crippen LogP contribution in [-0.4, -0.2) is 17.4 Å². The first-order chi connectivity index (χ1) is 18.1. The van der Waals surface area contributed by atoms with Gasteiger partial charge >= 0.3 is 6.18 Å². The molecule has 3 aromatic rings. The minimum Gasteiger partial charge on any atom is -0.323 e. The molecule has 1 unspecified atom stereocenters. The summed E-state index contributed by atoms with van der Waals surface area (Å²) in [5.74, 6) is -4.41. The van der Waals surface area contributed by atoms with Crippen LogP contribution < -0.4 is 5.32 Å². The first-order valence-corrected chi connectivity index (χ1v) is 12.2. The first kappa shape index (κ1) is 25.6. The molecule has 4 nitrogen and oxygen atoms in total. The summed E-state index contributed by atoms with van der Waals surface area (Å²) < 4.78 is 56.8. The molecule has 3 aromatic carbocycles. The molecule has 2 aliphatic rings. The quantitative estimate of drug-likeness (QED) is 0.375. The van der Waals surface area contributed by atoms with Gasteiger partial charge in [-0.3, -0.25) is 14.6 Å². The Hall–Kier alpha value is -4.07. The Morgan fingerprint density at radius 3 is 2.29 bits per heavy atom. The summed E-state index contributed by atoms with van der Waals surface area (Å²) >= 11 is 0. The lowest BCUT2D eigenvalue weighted by Crippen LogP contribution is -2.40. The number of para-hydroxylation sites is 1. The molecule has 1 aliphatic heterocycles. The minimum atomic E-state index is -4.71. The van der Waals surface area contributed by atoms with Crippen LogP contribution >= 0.6 is 0 Å². The van der Waals surface area contributed by atoms with Crippen LogP contribution in [0.3, 0.4) is 0 Å². The number of rotatable bonds is 4. The lowest BCUT2D eigenvalue weighted by Gasteiger charge is -2.37. The van der Waals surface area contributed by atoms with Gasteiger partial charge in [-0.05, 0) is 48.6 Å². The largest absolute Gasteiger partial charge is 0.416 e. The van der Waals surface area contributed by atoms with Crippen LogP contribution in [0.1, 0.15) is 48.3 Å². The summed E-state index contributed by atoms with van der Waals surface area (Å²) in [7, 11) is 0. The number of nitrogens with one attached hydrogen (secondary N) is 1. The van der Waals surface area contributed by atoms with Gasteiger partial charge in [0, 0.05) is 29.3 Å². The van der Waals surface area contributed by atoms with Crippen LogP contribution in [-0.2, 0) is 15.8 Å². The molecule has 38 heavy (non-hydrogen) atoms. The van der Waals surface area contributed by atoms with E-state index in [1.807, 2.05) is 30.3 Å². The molecule has 8 heteroatoms. The number of alkyl halides is 3. The number of hydrogen-bond acceptors (Lipinski definition) is 3. The van der Waals surface area contributed by atoms with Gasteiger partial charge in [0.15, 0.2) is 5.78 Å². The van der Waals surface area contributed by atoms with Crippen LogP contribution in [0.25, 0.3) is 0 Å². The maximum Gasteiger partial charge on any atom is 0.416 e. The van der Waals surface area contributed by atoms with Gasteiger partial charge in [-0.1, -0.05) is 60.7 Å². The zero-order chi connectivity index (χ0) is 27.0. The number of ketones is 1. The van der Waals surface area contributed by atoms with Gasteiger partial charge < -0.3 is 5.32 Å². The van der Waals surface area contributed by atoms with Crippen molar-refractivity contribution in [2.45, 2.75) is 37.8 Å². The molecule has 0 bridgehead atoms. The maximum absolute atomic E-state index is 14.3. The smallest absolute Gasteiger partial charge is 0.323 e. The second-order valence-corrected chi connectivity index (χ2v) is 9.56. The first-order valence-electron chi connectivity index (χ1n) is 12.2. The molecule has 194 valence electrons. The van der Waals surface area contributed by atoms with Crippen LogP contribution in [0.5, 0.6) is 0 Å². The number of Topliss-reactive ketones (excluding diaryl/α,β-unsaturated/α-hetero) is 1. The van der Waals surface area contributed by atoms with Gasteiger partial charge in [0.1, 0.15) is 5.82 Å². The summed E-state index contributed by atoms with van der Waals surface area (Å²) in [5.41, 5.74) is 0.507. The fourth-order valence-electron chi connectivity index (χ4n) is 5.50. The number of anilines is 1. The Balaban J connectivity index is 1.64. The number of amides is 1. The number of benzene rings is 3.